The fraction of sp³-hybridized carbons (Fsp3) is 0.0588. The van der Waals surface area contributed by atoms with Gasteiger partial charge in [0, 0.05) is 22.5 Å². The molecule has 0 heterocycles. The second-order valence-electron chi connectivity index (χ2n) is 14.6. The molecule has 1 heteroatoms. The van der Waals surface area contributed by atoms with Crippen LogP contribution in [-0.4, -0.2) is 0 Å². The molecule has 0 atom stereocenters. The van der Waals surface area contributed by atoms with Gasteiger partial charge >= 0.3 is 0 Å². The van der Waals surface area contributed by atoms with Crippen molar-refractivity contribution in [2.75, 3.05) is 4.90 Å². The maximum atomic E-state index is 2.41. The number of rotatable bonds is 5. The topological polar surface area (TPSA) is 3.24 Å². The van der Waals surface area contributed by atoms with Crippen molar-refractivity contribution >= 4 is 49.4 Å². The summed E-state index contributed by atoms with van der Waals surface area (Å²) in [6.45, 7) is 4.70. The number of hydrogen-bond acceptors (Lipinski definition) is 1. The smallest absolute Gasteiger partial charge is 0.0467 e. The number of benzene rings is 9. The van der Waals surface area contributed by atoms with Gasteiger partial charge in [-0.25, -0.2) is 0 Å². The Bertz CT molecular complexity index is 2810. The maximum absolute atomic E-state index is 2.41. The highest BCUT2D eigenvalue weighted by molar-refractivity contribution is 6.17. The molecule has 1 aliphatic rings. The molecular weight excluding hydrogens is 627 g/mol. The van der Waals surface area contributed by atoms with Crippen LogP contribution in [-0.2, 0) is 5.41 Å². The Balaban J connectivity index is 1.07. The summed E-state index contributed by atoms with van der Waals surface area (Å²) in [5, 5.41) is 7.72. The van der Waals surface area contributed by atoms with E-state index in [4.69, 9.17) is 0 Å². The van der Waals surface area contributed by atoms with E-state index in [2.05, 4.69) is 207 Å². The third kappa shape index (κ3) is 4.85. The van der Waals surface area contributed by atoms with Gasteiger partial charge in [0.2, 0.25) is 0 Å². The SMILES string of the molecule is CC1(C)c2ccccc2-c2ccc(N(c3ccc(-c4ccc5c(ccc6c7ccccc7ccc56)c4)cc3)c3cccc(-c4ccccc4)c3)cc21. The van der Waals surface area contributed by atoms with Crippen LogP contribution in [0.5, 0.6) is 0 Å². The third-order valence-electron chi connectivity index (χ3n) is 11.2. The predicted molar refractivity (Wildman–Crippen MR) is 222 cm³/mol. The van der Waals surface area contributed by atoms with Crippen LogP contribution in [0, 0.1) is 0 Å². The van der Waals surface area contributed by atoms with E-state index in [1.54, 1.807) is 0 Å². The molecule has 246 valence electrons. The van der Waals surface area contributed by atoms with Gasteiger partial charge in [-0.1, -0.05) is 159 Å². The number of nitrogens with zero attached hydrogens (tertiary/aromatic N) is 1. The summed E-state index contributed by atoms with van der Waals surface area (Å²) in [5.41, 5.74) is 13.6. The fourth-order valence-electron chi connectivity index (χ4n) is 8.55. The summed E-state index contributed by atoms with van der Waals surface area (Å²) < 4.78 is 0. The molecule has 0 spiro atoms. The van der Waals surface area contributed by atoms with Gasteiger partial charge in [0.05, 0.1) is 0 Å². The largest absolute Gasteiger partial charge is 0.310 e. The van der Waals surface area contributed by atoms with Crippen LogP contribution >= 0.6 is 0 Å². The molecular formula is C51H37N. The van der Waals surface area contributed by atoms with Crippen LogP contribution in [0.3, 0.4) is 0 Å². The molecule has 0 saturated heterocycles. The Labute approximate surface area is 305 Å². The lowest BCUT2D eigenvalue weighted by atomic mass is 9.82. The van der Waals surface area contributed by atoms with Crippen LogP contribution in [0.4, 0.5) is 17.1 Å². The molecule has 1 nitrogen and oxygen atoms in total. The molecule has 0 unspecified atom stereocenters. The summed E-state index contributed by atoms with van der Waals surface area (Å²) >= 11 is 0. The number of anilines is 3. The van der Waals surface area contributed by atoms with Crippen LogP contribution in [0.2, 0.25) is 0 Å². The molecule has 1 aliphatic carbocycles. The van der Waals surface area contributed by atoms with E-state index in [1.165, 1.54) is 76.8 Å². The third-order valence-corrected chi connectivity index (χ3v) is 11.2. The van der Waals surface area contributed by atoms with E-state index in [-0.39, 0.29) is 5.41 Å². The molecule has 0 bridgehead atoms. The molecule has 0 saturated carbocycles. The lowest BCUT2D eigenvalue weighted by Crippen LogP contribution is -2.16. The summed E-state index contributed by atoms with van der Waals surface area (Å²) in [6, 6.07) is 69.2. The van der Waals surface area contributed by atoms with Crippen LogP contribution in [0.15, 0.2) is 188 Å². The first-order valence-electron chi connectivity index (χ1n) is 18.2. The first-order chi connectivity index (χ1) is 25.5. The summed E-state index contributed by atoms with van der Waals surface area (Å²) in [4.78, 5) is 2.41. The van der Waals surface area contributed by atoms with Crippen molar-refractivity contribution in [1.29, 1.82) is 0 Å². The van der Waals surface area contributed by atoms with Gasteiger partial charge < -0.3 is 4.90 Å². The summed E-state index contributed by atoms with van der Waals surface area (Å²) in [6.07, 6.45) is 0. The average Bonchev–Trinajstić information content (AvgIpc) is 3.43. The maximum Gasteiger partial charge on any atom is 0.0467 e. The van der Waals surface area contributed by atoms with Crippen molar-refractivity contribution in [3.05, 3.63) is 199 Å². The minimum atomic E-state index is -0.0855. The van der Waals surface area contributed by atoms with Crippen LogP contribution in [0.1, 0.15) is 25.0 Å². The minimum Gasteiger partial charge on any atom is -0.310 e. The Kier molecular flexibility index (Phi) is 6.91. The zero-order valence-corrected chi connectivity index (χ0v) is 29.3. The van der Waals surface area contributed by atoms with E-state index >= 15 is 0 Å². The van der Waals surface area contributed by atoms with Gasteiger partial charge in [-0.2, -0.15) is 0 Å². The molecule has 0 aliphatic heterocycles. The standard InChI is InChI=1S/C51H37N/c1-51(2)49-18-9-8-17-47(49)48-30-26-42(33-50(48)51)52(41-15-10-14-37(32-41)34-11-4-3-5-12-34)40-24-19-35(20-25-40)38-22-27-44-39(31-38)23-29-45-43-16-7-6-13-36(43)21-28-46(44)45/h3-33H,1-2H3. The molecule has 0 amide bonds. The molecule has 0 N–H and O–H groups in total. The summed E-state index contributed by atoms with van der Waals surface area (Å²) in [7, 11) is 0. The zero-order valence-electron chi connectivity index (χ0n) is 29.3. The number of hydrogen-bond donors (Lipinski definition) is 0. The second kappa shape index (κ2) is 11.8. The lowest BCUT2D eigenvalue weighted by molar-refractivity contribution is 0.660. The van der Waals surface area contributed by atoms with E-state index in [1.807, 2.05) is 0 Å². The van der Waals surface area contributed by atoms with Crippen molar-refractivity contribution in [2.24, 2.45) is 0 Å². The van der Waals surface area contributed by atoms with Gasteiger partial charge in [-0.05, 0) is 119 Å². The first kappa shape index (κ1) is 30.4. The van der Waals surface area contributed by atoms with Crippen molar-refractivity contribution in [1.82, 2.24) is 0 Å². The Morgan fingerprint density at radius 3 is 1.75 bits per heavy atom. The van der Waals surface area contributed by atoms with Crippen LogP contribution < -0.4 is 4.90 Å². The highest BCUT2D eigenvalue weighted by atomic mass is 15.1. The van der Waals surface area contributed by atoms with Crippen molar-refractivity contribution in [3.63, 3.8) is 0 Å². The average molecular weight is 664 g/mol. The molecule has 0 aromatic heterocycles. The molecule has 10 rings (SSSR count). The van der Waals surface area contributed by atoms with Gasteiger partial charge in [-0.3, -0.25) is 0 Å². The van der Waals surface area contributed by atoms with E-state index in [9.17, 15) is 0 Å². The van der Waals surface area contributed by atoms with Gasteiger partial charge in [-0.15, -0.1) is 0 Å². The molecule has 9 aromatic rings. The fourth-order valence-corrected chi connectivity index (χ4v) is 8.55. The highest BCUT2D eigenvalue weighted by Gasteiger charge is 2.35. The van der Waals surface area contributed by atoms with E-state index in [0.29, 0.717) is 0 Å². The summed E-state index contributed by atoms with van der Waals surface area (Å²) in [5.74, 6) is 0. The van der Waals surface area contributed by atoms with Crippen molar-refractivity contribution in [2.45, 2.75) is 19.3 Å². The van der Waals surface area contributed by atoms with E-state index < -0.39 is 0 Å². The molecule has 0 radical (unpaired) electrons. The zero-order chi connectivity index (χ0) is 34.8. The molecule has 9 aromatic carbocycles. The molecule has 0 fully saturated rings. The van der Waals surface area contributed by atoms with Gasteiger partial charge in [0.15, 0.2) is 0 Å². The van der Waals surface area contributed by atoms with Crippen molar-refractivity contribution in [3.8, 4) is 33.4 Å². The molecule has 52 heavy (non-hydrogen) atoms. The Hall–Kier alpha value is -6.44. The van der Waals surface area contributed by atoms with Crippen LogP contribution in [0.25, 0.3) is 65.7 Å². The van der Waals surface area contributed by atoms with Crippen molar-refractivity contribution < 1.29 is 0 Å². The normalized spacial score (nSPS) is 13.0. The monoisotopic (exact) mass is 663 g/mol. The quantitative estimate of drug-likeness (QED) is 0.166. The first-order valence-corrected chi connectivity index (χ1v) is 18.2. The van der Waals surface area contributed by atoms with Gasteiger partial charge in [0.1, 0.15) is 0 Å². The lowest BCUT2D eigenvalue weighted by Gasteiger charge is -2.28. The number of fused-ring (bicyclic) bond motifs is 8. The minimum absolute atomic E-state index is 0.0855. The predicted octanol–water partition coefficient (Wildman–Crippen LogP) is 14.3. The highest BCUT2D eigenvalue weighted by Crippen LogP contribution is 2.50. The van der Waals surface area contributed by atoms with Gasteiger partial charge in [0.25, 0.3) is 0 Å². The Morgan fingerprint density at radius 1 is 0.327 bits per heavy atom. The second-order valence-corrected chi connectivity index (χ2v) is 14.6. The van der Waals surface area contributed by atoms with E-state index in [0.717, 1.165) is 17.1 Å². The Morgan fingerprint density at radius 2 is 0.904 bits per heavy atom.